The molecule has 3 aromatic heterocycles. The molecule has 0 aliphatic carbocycles. The van der Waals surface area contributed by atoms with Crippen molar-refractivity contribution in [1.29, 1.82) is 0 Å². The molecule has 0 spiro atoms. The fourth-order valence-corrected chi connectivity index (χ4v) is 4.71. The number of hydrogen-bond acceptors (Lipinski definition) is 2. The van der Waals surface area contributed by atoms with Crippen molar-refractivity contribution in [2.75, 3.05) is 0 Å². The van der Waals surface area contributed by atoms with Crippen molar-refractivity contribution in [3.05, 3.63) is 114 Å². The summed E-state index contributed by atoms with van der Waals surface area (Å²) in [6.45, 7) is 0. The van der Waals surface area contributed by atoms with E-state index in [1.165, 1.54) is 10.8 Å². The van der Waals surface area contributed by atoms with E-state index in [0.717, 1.165) is 50.5 Å². The molecule has 0 unspecified atom stereocenters. The predicted octanol–water partition coefficient (Wildman–Crippen LogP) is 7.27. The predicted molar refractivity (Wildman–Crippen MR) is 141 cm³/mol. The highest BCUT2D eigenvalue weighted by atomic mass is 15.0. The molecule has 8 bridgehead atoms. The van der Waals surface area contributed by atoms with Crippen LogP contribution < -0.4 is 0 Å². The topological polar surface area (TPSA) is 46.5 Å². The highest BCUT2D eigenvalue weighted by molar-refractivity contribution is 5.92. The van der Waals surface area contributed by atoms with Crippen LogP contribution in [0.4, 0.5) is 0 Å². The Labute approximate surface area is 196 Å². The smallest absolute Gasteiger partial charge is 0.0658 e. The summed E-state index contributed by atoms with van der Waals surface area (Å²) in [7, 11) is 0. The minimum absolute atomic E-state index is 0.926. The van der Waals surface area contributed by atoms with Crippen LogP contribution in [0.2, 0.25) is 0 Å². The minimum Gasteiger partial charge on any atom is -0.355 e. The van der Waals surface area contributed by atoms with Gasteiger partial charge in [-0.2, -0.15) is 0 Å². The molecule has 1 N–H and O–H groups in total. The standard InChI is InChI=1S/C30H20N4/c1-2-6-29-20(4-1)5-3-7-30(29)34-27-14-15-28(34)19-26-13-11-24(33-26)17-22-9-8-21(31-22)16-23-10-12-25(18-27)32-23/h1-19,31H. The number of hydrogen-bond donors (Lipinski definition) is 1. The van der Waals surface area contributed by atoms with Crippen LogP contribution in [0.25, 0.3) is 62.8 Å². The molecule has 7 rings (SSSR count). The van der Waals surface area contributed by atoms with Crippen LogP contribution in [0.15, 0.2) is 91.0 Å². The normalized spacial score (nSPS) is 12.5. The largest absolute Gasteiger partial charge is 0.355 e. The lowest BCUT2D eigenvalue weighted by atomic mass is 10.1. The number of nitrogens with one attached hydrogen (secondary N) is 1. The maximum absolute atomic E-state index is 4.84. The van der Waals surface area contributed by atoms with Gasteiger partial charge in [0.1, 0.15) is 0 Å². The third-order valence-corrected chi connectivity index (χ3v) is 6.24. The SMILES string of the molecule is C1=Cc2cc3ccc(cc4nc(cc5ccc(cc1n2)[nH]5)C=C4)n3-c1cccc2ccccc12. The molecule has 0 radical (unpaired) electrons. The molecule has 4 heteroatoms. The van der Waals surface area contributed by atoms with Gasteiger partial charge in [-0.3, -0.25) is 0 Å². The van der Waals surface area contributed by atoms with E-state index in [1.54, 1.807) is 0 Å². The van der Waals surface area contributed by atoms with E-state index >= 15 is 0 Å². The number of H-pyrrole nitrogens is 1. The van der Waals surface area contributed by atoms with Crippen LogP contribution in [0.3, 0.4) is 0 Å². The van der Waals surface area contributed by atoms with Gasteiger partial charge in [0.05, 0.1) is 28.5 Å². The Hall–Kier alpha value is -4.70. The summed E-state index contributed by atoms with van der Waals surface area (Å²) < 4.78 is 2.29. The second-order valence-corrected chi connectivity index (χ2v) is 8.55. The van der Waals surface area contributed by atoms with Crippen molar-refractivity contribution < 1.29 is 0 Å². The molecule has 0 saturated heterocycles. The number of nitrogens with zero attached hydrogens (tertiary/aromatic N) is 3. The van der Waals surface area contributed by atoms with Crippen molar-refractivity contribution in [2.45, 2.75) is 0 Å². The second-order valence-electron chi connectivity index (χ2n) is 8.55. The number of benzene rings is 2. The summed E-state index contributed by atoms with van der Waals surface area (Å²) in [5, 5.41) is 2.42. The number of aromatic nitrogens is 4. The summed E-state index contributed by atoms with van der Waals surface area (Å²) in [6, 6.07) is 31.8. The first-order valence-electron chi connectivity index (χ1n) is 11.3. The van der Waals surface area contributed by atoms with E-state index < -0.39 is 0 Å². The zero-order valence-electron chi connectivity index (χ0n) is 18.3. The van der Waals surface area contributed by atoms with Gasteiger partial charge in [-0.1, -0.05) is 36.4 Å². The molecule has 0 amide bonds. The maximum Gasteiger partial charge on any atom is 0.0658 e. The Morgan fingerprint density at radius 1 is 0.529 bits per heavy atom. The molecular weight excluding hydrogens is 416 g/mol. The zero-order chi connectivity index (χ0) is 22.5. The number of aromatic amines is 1. The Kier molecular flexibility index (Phi) is 4.11. The third-order valence-electron chi connectivity index (χ3n) is 6.24. The van der Waals surface area contributed by atoms with Crippen LogP contribution in [-0.4, -0.2) is 19.5 Å². The van der Waals surface area contributed by atoms with Gasteiger partial charge in [-0.15, -0.1) is 0 Å². The van der Waals surface area contributed by atoms with Crippen molar-refractivity contribution in [2.24, 2.45) is 0 Å². The highest BCUT2D eigenvalue weighted by Gasteiger charge is 2.09. The quantitative estimate of drug-likeness (QED) is 0.294. The van der Waals surface area contributed by atoms with Gasteiger partial charge in [0, 0.05) is 27.5 Å². The van der Waals surface area contributed by atoms with E-state index in [4.69, 9.17) is 9.97 Å². The molecular formula is C30H20N4. The fourth-order valence-electron chi connectivity index (χ4n) is 4.71. The Morgan fingerprint density at radius 2 is 1.09 bits per heavy atom. The van der Waals surface area contributed by atoms with Gasteiger partial charge in [0.15, 0.2) is 0 Å². The Bertz CT molecular complexity index is 1720. The molecule has 34 heavy (non-hydrogen) atoms. The van der Waals surface area contributed by atoms with Gasteiger partial charge in [0.25, 0.3) is 0 Å². The summed E-state index contributed by atoms with van der Waals surface area (Å²) in [4.78, 5) is 13.1. The van der Waals surface area contributed by atoms with Gasteiger partial charge in [-0.25, -0.2) is 9.97 Å². The molecule has 0 saturated carbocycles. The van der Waals surface area contributed by atoms with Crippen LogP contribution in [0.5, 0.6) is 0 Å². The number of rotatable bonds is 1. The first kappa shape index (κ1) is 18.8. The monoisotopic (exact) mass is 436 g/mol. The summed E-state index contributed by atoms with van der Waals surface area (Å²) in [5.41, 5.74) is 9.01. The zero-order valence-corrected chi connectivity index (χ0v) is 18.3. The van der Waals surface area contributed by atoms with E-state index in [9.17, 15) is 0 Å². The average Bonchev–Trinajstić information content (AvgIpc) is 3.64. The Morgan fingerprint density at radius 3 is 1.74 bits per heavy atom. The van der Waals surface area contributed by atoms with Gasteiger partial charge < -0.3 is 9.55 Å². The summed E-state index contributed by atoms with van der Waals surface area (Å²) >= 11 is 0. The van der Waals surface area contributed by atoms with Crippen LogP contribution in [0.1, 0.15) is 22.8 Å². The molecule has 0 fully saturated rings. The lowest BCUT2D eigenvalue weighted by molar-refractivity contribution is 1.18. The van der Waals surface area contributed by atoms with Crippen LogP contribution in [-0.2, 0) is 0 Å². The highest BCUT2D eigenvalue weighted by Crippen LogP contribution is 2.28. The van der Waals surface area contributed by atoms with Gasteiger partial charge >= 0.3 is 0 Å². The van der Waals surface area contributed by atoms with Crippen LogP contribution in [0, 0.1) is 0 Å². The van der Waals surface area contributed by atoms with Crippen molar-refractivity contribution >= 4 is 57.1 Å². The molecule has 160 valence electrons. The average molecular weight is 437 g/mol. The van der Waals surface area contributed by atoms with E-state index in [2.05, 4.69) is 125 Å². The van der Waals surface area contributed by atoms with Crippen molar-refractivity contribution in [1.82, 2.24) is 19.5 Å². The third kappa shape index (κ3) is 3.24. The molecule has 4 nitrogen and oxygen atoms in total. The first-order valence-corrected chi connectivity index (χ1v) is 11.3. The molecule has 2 aliphatic heterocycles. The van der Waals surface area contributed by atoms with Crippen LogP contribution >= 0.6 is 0 Å². The van der Waals surface area contributed by atoms with Crippen molar-refractivity contribution in [3.8, 4) is 5.69 Å². The maximum atomic E-state index is 4.84. The molecule has 5 aromatic rings. The number of fused-ring (bicyclic) bond motifs is 9. The molecule has 2 aliphatic rings. The van der Waals surface area contributed by atoms with E-state index in [-0.39, 0.29) is 0 Å². The van der Waals surface area contributed by atoms with Gasteiger partial charge in [-0.05, 0) is 84.3 Å². The summed E-state index contributed by atoms with van der Waals surface area (Å²) in [5.74, 6) is 0. The molecule has 0 atom stereocenters. The lowest BCUT2D eigenvalue weighted by Gasteiger charge is -2.11. The van der Waals surface area contributed by atoms with Gasteiger partial charge in [0.2, 0.25) is 0 Å². The molecule has 5 heterocycles. The first-order chi connectivity index (χ1) is 16.8. The summed E-state index contributed by atoms with van der Waals surface area (Å²) in [6.07, 6.45) is 8.23. The second kappa shape index (κ2) is 7.42. The van der Waals surface area contributed by atoms with Crippen molar-refractivity contribution in [3.63, 3.8) is 0 Å². The fraction of sp³-hybridized carbons (Fsp3) is 0. The molecule has 2 aromatic carbocycles. The minimum atomic E-state index is 0.926. The van der Waals surface area contributed by atoms with E-state index in [1.807, 2.05) is 0 Å². The lowest BCUT2D eigenvalue weighted by Crippen LogP contribution is -1.95. The van der Waals surface area contributed by atoms with E-state index in [0.29, 0.717) is 0 Å². The Balaban J connectivity index is 1.61.